The molecule has 0 atom stereocenters. The average molecular weight is 188 g/mol. The second-order valence-electron chi connectivity index (χ2n) is 3.29. The molecular formula is C11H12N2O. The number of nitrogens with zero attached hydrogens (tertiary/aromatic N) is 1. The van der Waals surface area contributed by atoms with Gasteiger partial charge in [0.2, 0.25) is 0 Å². The van der Waals surface area contributed by atoms with Crippen molar-refractivity contribution in [1.29, 1.82) is 0 Å². The van der Waals surface area contributed by atoms with E-state index in [-0.39, 0.29) is 5.56 Å². The van der Waals surface area contributed by atoms with E-state index >= 15 is 0 Å². The lowest BCUT2D eigenvalue weighted by Gasteiger charge is -2.02. The molecule has 2 rings (SSSR count). The third-order valence-corrected chi connectivity index (χ3v) is 2.27. The van der Waals surface area contributed by atoms with Crippen LogP contribution >= 0.6 is 0 Å². The first-order chi connectivity index (χ1) is 6.83. The number of benzene rings is 1. The van der Waals surface area contributed by atoms with Gasteiger partial charge in [0.15, 0.2) is 0 Å². The summed E-state index contributed by atoms with van der Waals surface area (Å²) < 4.78 is 0. The highest BCUT2D eigenvalue weighted by atomic mass is 16.1. The summed E-state index contributed by atoms with van der Waals surface area (Å²) in [6.45, 7) is 2.10. The van der Waals surface area contributed by atoms with Crippen LogP contribution in [0.3, 0.4) is 0 Å². The summed E-state index contributed by atoms with van der Waals surface area (Å²) in [5.41, 5.74) is 1.82. The zero-order valence-electron chi connectivity index (χ0n) is 8.08. The molecular weight excluding hydrogens is 176 g/mol. The monoisotopic (exact) mass is 188 g/mol. The van der Waals surface area contributed by atoms with Gasteiger partial charge in [-0.15, -0.1) is 0 Å². The third kappa shape index (κ3) is 1.41. The van der Waals surface area contributed by atoms with Crippen molar-refractivity contribution in [3.05, 3.63) is 40.4 Å². The van der Waals surface area contributed by atoms with E-state index in [0.717, 1.165) is 29.3 Å². The number of rotatable bonds is 2. The van der Waals surface area contributed by atoms with Crippen LogP contribution in [0.4, 0.5) is 0 Å². The van der Waals surface area contributed by atoms with Crippen molar-refractivity contribution < 1.29 is 0 Å². The molecule has 0 bridgehead atoms. The Morgan fingerprint density at radius 2 is 2.29 bits per heavy atom. The van der Waals surface area contributed by atoms with E-state index in [1.807, 2.05) is 18.2 Å². The van der Waals surface area contributed by atoms with E-state index in [2.05, 4.69) is 16.9 Å². The Labute approximate surface area is 81.8 Å². The number of aromatic nitrogens is 2. The zero-order chi connectivity index (χ0) is 9.97. The maximum atomic E-state index is 11.6. The molecule has 3 nitrogen and oxygen atoms in total. The first kappa shape index (κ1) is 8.94. The quantitative estimate of drug-likeness (QED) is 0.782. The van der Waals surface area contributed by atoms with E-state index in [0.29, 0.717) is 0 Å². The van der Waals surface area contributed by atoms with Crippen LogP contribution in [0, 0.1) is 0 Å². The molecule has 0 saturated heterocycles. The molecule has 72 valence electrons. The lowest BCUT2D eigenvalue weighted by atomic mass is 10.1. The molecule has 0 saturated carbocycles. The molecule has 1 N–H and O–H groups in total. The lowest BCUT2D eigenvalue weighted by molar-refractivity contribution is 0.927. The van der Waals surface area contributed by atoms with Crippen molar-refractivity contribution in [2.75, 3.05) is 0 Å². The maximum absolute atomic E-state index is 11.6. The molecule has 0 amide bonds. The van der Waals surface area contributed by atoms with E-state index in [4.69, 9.17) is 0 Å². The normalized spacial score (nSPS) is 10.6. The van der Waals surface area contributed by atoms with Gasteiger partial charge < -0.3 is 4.98 Å². The van der Waals surface area contributed by atoms with Gasteiger partial charge in [0.1, 0.15) is 0 Å². The van der Waals surface area contributed by atoms with Crippen molar-refractivity contribution in [3.8, 4) is 0 Å². The molecule has 0 radical (unpaired) electrons. The Morgan fingerprint density at radius 3 is 3.07 bits per heavy atom. The molecule has 2 aromatic rings. The van der Waals surface area contributed by atoms with Crippen LogP contribution < -0.4 is 5.56 Å². The van der Waals surface area contributed by atoms with Crippen molar-refractivity contribution in [2.24, 2.45) is 0 Å². The summed E-state index contributed by atoms with van der Waals surface area (Å²) in [7, 11) is 0. The highest BCUT2D eigenvalue weighted by Crippen LogP contribution is 2.13. The fourth-order valence-corrected chi connectivity index (χ4v) is 1.67. The average Bonchev–Trinajstić information content (AvgIpc) is 2.19. The molecule has 0 aliphatic rings. The van der Waals surface area contributed by atoms with E-state index in [1.165, 1.54) is 6.33 Å². The molecule has 1 aromatic carbocycles. The number of hydrogen-bond donors (Lipinski definition) is 1. The van der Waals surface area contributed by atoms with Crippen molar-refractivity contribution in [2.45, 2.75) is 19.8 Å². The maximum Gasteiger partial charge on any atom is 0.258 e. The first-order valence-electron chi connectivity index (χ1n) is 4.78. The van der Waals surface area contributed by atoms with Gasteiger partial charge >= 0.3 is 0 Å². The zero-order valence-corrected chi connectivity index (χ0v) is 8.08. The molecule has 0 aliphatic carbocycles. The smallest absolute Gasteiger partial charge is 0.258 e. The molecule has 0 unspecified atom stereocenters. The molecule has 0 fully saturated rings. The summed E-state index contributed by atoms with van der Waals surface area (Å²) in [6.07, 6.45) is 3.40. The Kier molecular flexibility index (Phi) is 2.31. The van der Waals surface area contributed by atoms with E-state index < -0.39 is 0 Å². The largest absolute Gasteiger partial charge is 0.313 e. The van der Waals surface area contributed by atoms with Gasteiger partial charge in [-0.05, 0) is 18.1 Å². The molecule has 3 heteroatoms. The Hall–Kier alpha value is -1.64. The fourth-order valence-electron chi connectivity index (χ4n) is 1.67. The summed E-state index contributed by atoms with van der Waals surface area (Å²) in [5.74, 6) is 0. The number of H-pyrrole nitrogens is 1. The van der Waals surface area contributed by atoms with Gasteiger partial charge in [-0.25, -0.2) is 4.98 Å². The van der Waals surface area contributed by atoms with Gasteiger partial charge in [-0.2, -0.15) is 0 Å². The Morgan fingerprint density at radius 1 is 1.43 bits per heavy atom. The van der Waals surface area contributed by atoms with Gasteiger partial charge in [0.25, 0.3) is 5.56 Å². The van der Waals surface area contributed by atoms with Crippen LogP contribution in [0.25, 0.3) is 10.9 Å². The summed E-state index contributed by atoms with van der Waals surface area (Å²) >= 11 is 0. The topological polar surface area (TPSA) is 45.8 Å². The van der Waals surface area contributed by atoms with Crippen molar-refractivity contribution in [1.82, 2.24) is 9.97 Å². The van der Waals surface area contributed by atoms with Crippen molar-refractivity contribution in [3.63, 3.8) is 0 Å². The van der Waals surface area contributed by atoms with E-state index in [9.17, 15) is 4.79 Å². The number of aromatic amines is 1. The number of aryl methyl sites for hydroxylation is 1. The predicted molar refractivity (Wildman–Crippen MR) is 56.4 cm³/mol. The van der Waals surface area contributed by atoms with Gasteiger partial charge in [-0.3, -0.25) is 4.79 Å². The van der Waals surface area contributed by atoms with Crippen molar-refractivity contribution >= 4 is 10.9 Å². The highest BCUT2D eigenvalue weighted by molar-refractivity contribution is 5.80. The minimum Gasteiger partial charge on any atom is -0.313 e. The molecule has 1 aromatic heterocycles. The van der Waals surface area contributed by atoms with Crippen LogP contribution in [0.5, 0.6) is 0 Å². The first-order valence-corrected chi connectivity index (χ1v) is 4.78. The Bertz CT molecular complexity index is 497. The molecule has 0 aliphatic heterocycles. The highest BCUT2D eigenvalue weighted by Gasteiger charge is 2.03. The van der Waals surface area contributed by atoms with Crippen LogP contribution in [-0.4, -0.2) is 9.97 Å². The lowest BCUT2D eigenvalue weighted by Crippen LogP contribution is -2.08. The second-order valence-corrected chi connectivity index (χ2v) is 3.29. The van der Waals surface area contributed by atoms with Crippen LogP contribution in [0.2, 0.25) is 0 Å². The minimum absolute atomic E-state index is 0.0425. The van der Waals surface area contributed by atoms with Gasteiger partial charge in [0, 0.05) is 0 Å². The van der Waals surface area contributed by atoms with Crippen LogP contribution in [-0.2, 0) is 6.42 Å². The van der Waals surface area contributed by atoms with Crippen LogP contribution in [0.15, 0.2) is 29.3 Å². The van der Waals surface area contributed by atoms with Gasteiger partial charge in [0.05, 0.1) is 17.2 Å². The number of fused-ring (bicyclic) bond motifs is 1. The molecule has 1 heterocycles. The summed E-state index contributed by atoms with van der Waals surface area (Å²) in [6, 6.07) is 5.80. The minimum atomic E-state index is -0.0425. The standard InChI is InChI=1S/C11H12N2O/c1-2-4-8-5-3-6-9-10(8)11(14)13-7-12-9/h3,5-7H,2,4H2,1H3,(H,12,13,14). The number of nitrogens with one attached hydrogen (secondary N) is 1. The SMILES string of the molecule is CCCc1cccc2nc[nH]c(=O)c12. The summed E-state index contributed by atoms with van der Waals surface area (Å²) in [5, 5.41) is 0.733. The van der Waals surface area contributed by atoms with E-state index in [1.54, 1.807) is 0 Å². The van der Waals surface area contributed by atoms with Gasteiger partial charge in [-0.1, -0.05) is 25.5 Å². The predicted octanol–water partition coefficient (Wildman–Crippen LogP) is 1.88. The Balaban J connectivity index is 2.77. The van der Waals surface area contributed by atoms with Crippen LogP contribution in [0.1, 0.15) is 18.9 Å². The molecule has 0 spiro atoms. The second kappa shape index (κ2) is 3.62. The summed E-state index contributed by atoms with van der Waals surface area (Å²) in [4.78, 5) is 18.3. The third-order valence-electron chi connectivity index (χ3n) is 2.27. The number of hydrogen-bond acceptors (Lipinski definition) is 2. The fraction of sp³-hybridized carbons (Fsp3) is 0.273. The molecule has 14 heavy (non-hydrogen) atoms.